The van der Waals surface area contributed by atoms with Gasteiger partial charge in [-0.2, -0.15) is 0 Å². The van der Waals surface area contributed by atoms with E-state index in [1.54, 1.807) is 7.11 Å². The van der Waals surface area contributed by atoms with Crippen molar-refractivity contribution in [2.45, 2.75) is 6.92 Å². The number of rotatable bonds is 1. The summed E-state index contributed by atoms with van der Waals surface area (Å²) >= 11 is 0. The zero-order valence-corrected chi connectivity index (χ0v) is 12.7. The molecule has 6 heteroatoms. The van der Waals surface area contributed by atoms with Gasteiger partial charge in [-0.3, -0.25) is 0 Å². The number of aryl methyl sites for hydroxylation is 1. The molecule has 2 aromatic rings. The van der Waals surface area contributed by atoms with Crippen LogP contribution in [0.3, 0.4) is 0 Å². The molecular formula is C15H12CrO5. The van der Waals surface area contributed by atoms with Gasteiger partial charge in [0.2, 0.25) is 0 Å². The Balaban J connectivity index is -0.000000414. The van der Waals surface area contributed by atoms with Gasteiger partial charge in [0.25, 0.3) is 0 Å². The first-order valence-corrected chi connectivity index (χ1v) is 5.10. The smallest absolute Gasteiger partial charge is 0 e. The molecule has 0 amide bonds. The van der Waals surface area contributed by atoms with E-state index in [1.165, 1.54) is 0 Å². The Hall–Kier alpha value is -1.95. The molecule has 0 unspecified atom stereocenters. The first-order valence-electron chi connectivity index (χ1n) is 5.10. The Morgan fingerprint density at radius 1 is 1.00 bits per heavy atom. The Morgan fingerprint density at radius 3 is 1.95 bits per heavy atom. The van der Waals surface area contributed by atoms with Gasteiger partial charge in [0.1, 0.15) is 0 Å². The predicted molar refractivity (Wildman–Crippen MR) is 68.7 cm³/mol. The summed E-state index contributed by atoms with van der Waals surface area (Å²) in [6, 6.07) is 9.71. The third-order valence-electron chi connectivity index (χ3n) is 2.37. The van der Waals surface area contributed by atoms with Crippen molar-refractivity contribution in [3.8, 4) is 11.5 Å². The number of fused-ring (bicyclic) bond motifs is 1. The monoisotopic (exact) mass is 324 g/mol. The summed E-state index contributed by atoms with van der Waals surface area (Å²) < 4.78 is 27.6. The van der Waals surface area contributed by atoms with Crippen molar-refractivity contribution in [1.82, 2.24) is 0 Å². The quantitative estimate of drug-likeness (QED) is 0.645. The van der Waals surface area contributed by atoms with Crippen LogP contribution in [0.5, 0.6) is 11.5 Å². The average Bonchev–Trinajstić information content (AvgIpc) is 2.54. The van der Waals surface area contributed by atoms with E-state index in [0.717, 1.165) is 16.3 Å². The van der Waals surface area contributed by atoms with Crippen LogP contribution in [-0.4, -0.2) is 12.2 Å². The number of phenols is 1. The van der Waals surface area contributed by atoms with E-state index >= 15 is 0 Å². The molecule has 0 aliphatic heterocycles. The van der Waals surface area contributed by atoms with Crippen LogP contribution in [0.4, 0.5) is 0 Å². The number of methoxy groups -OCH3 is 1. The molecule has 5 nitrogen and oxygen atoms in total. The molecule has 0 heterocycles. The number of hydrogen-bond acceptors (Lipinski definition) is 2. The van der Waals surface area contributed by atoms with E-state index in [-0.39, 0.29) is 23.1 Å². The van der Waals surface area contributed by atoms with Crippen LogP contribution in [0.1, 0.15) is 5.56 Å². The van der Waals surface area contributed by atoms with Crippen LogP contribution in [0.2, 0.25) is 0 Å². The molecule has 0 bridgehead atoms. The summed E-state index contributed by atoms with van der Waals surface area (Å²) in [5.74, 6) is 0.784. The summed E-state index contributed by atoms with van der Waals surface area (Å²) in [4.78, 5) is 0. The summed E-state index contributed by atoms with van der Waals surface area (Å²) in [7, 11) is 1.57. The summed E-state index contributed by atoms with van der Waals surface area (Å²) in [6.07, 6.45) is 0. The fourth-order valence-electron chi connectivity index (χ4n) is 1.70. The molecule has 0 spiro atoms. The van der Waals surface area contributed by atoms with E-state index in [2.05, 4.69) is 20.0 Å². The molecule has 1 N–H and O–H groups in total. The first-order chi connectivity index (χ1) is 9.74. The van der Waals surface area contributed by atoms with Crippen molar-refractivity contribution >= 4 is 10.8 Å². The van der Waals surface area contributed by atoms with E-state index < -0.39 is 0 Å². The van der Waals surface area contributed by atoms with Gasteiger partial charge < -0.3 is 9.84 Å². The van der Waals surface area contributed by atoms with Crippen LogP contribution in [-0.2, 0) is 31.3 Å². The average molecular weight is 324 g/mol. The topological polar surface area (TPSA) is 89.2 Å². The maximum Gasteiger partial charge on any atom is 0 e. The molecule has 0 aromatic heterocycles. The second-order valence-corrected chi connectivity index (χ2v) is 3.30. The van der Waals surface area contributed by atoms with Crippen LogP contribution in [0, 0.1) is 26.9 Å². The number of ether oxygens (including phenoxy) is 1. The minimum atomic E-state index is 0. The number of hydrogen-bond donors (Lipinski definition) is 1. The van der Waals surface area contributed by atoms with Crippen molar-refractivity contribution < 1.29 is 41.2 Å². The van der Waals surface area contributed by atoms with Crippen LogP contribution < -0.4 is 4.74 Å². The third kappa shape index (κ3) is 6.36. The molecule has 0 atom stereocenters. The maximum atomic E-state index is 9.91. The second kappa shape index (κ2) is 14.5. The summed E-state index contributed by atoms with van der Waals surface area (Å²) in [5, 5.41) is 11.8. The molecule has 0 aliphatic rings. The van der Waals surface area contributed by atoms with Crippen LogP contribution in [0.15, 0.2) is 30.3 Å². The standard InChI is InChI=1S/C12H12O2.3CO.Cr/c1-8-7-9-5-3-4-6-10(9)11(13)12(8)14-2;3*1-2;/h3-7,13H,1-2H3;;;;. The Labute approximate surface area is 133 Å². The minimum Gasteiger partial charge on any atom is 0 e. The van der Waals surface area contributed by atoms with Gasteiger partial charge in [0.15, 0.2) is 11.5 Å². The van der Waals surface area contributed by atoms with E-state index in [4.69, 9.17) is 18.7 Å². The molecule has 0 radical (unpaired) electrons. The molecule has 2 aromatic carbocycles. The van der Waals surface area contributed by atoms with E-state index in [1.807, 2.05) is 37.3 Å². The molecule has 0 fully saturated rings. The fourth-order valence-corrected chi connectivity index (χ4v) is 1.70. The fraction of sp³-hybridized carbons (Fsp3) is 0.133. The number of benzene rings is 2. The molecular weight excluding hydrogens is 312 g/mol. The van der Waals surface area contributed by atoms with Crippen LogP contribution >= 0.6 is 0 Å². The van der Waals surface area contributed by atoms with Gasteiger partial charge in [0.05, 0.1) is 7.11 Å². The normalized spacial score (nSPS) is 7.24. The van der Waals surface area contributed by atoms with E-state index in [9.17, 15) is 5.11 Å². The molecule has 108 valence electrons. The summed E-state index contributed by atoms with van der Waals surface area (Å²) in [5.41, 5.74) is 0.948. The minimum absolute atomic E-state index is 0. The SMILES string of the molecule is COc1c(C)cc2ccccc2c1O.[C-]#[O+].[C-]#[O+].[C-]#[O+].[Cr]. The third-order valence-corrected chi connectivity index (χ3v) is 2.37. The largest absolute Gasteiger partial charge is 0 e. The molecule has 0 saturated carbocycles. The van der Waals surface area contributed by atoms with Crippen molar-refractivity contribution in [2.75, 3.05) is 7.11 Å². The maximum absolute atomic E-state index is 9.91. The molecule has 0 saturated heterocycles. The first kappa shape index (κ1) is 24.1. The zero-order valence-electron chi connectivity index (χ0n) is 11.4. The predicted octanol–water partition coefficient (Wildman–Crippen LogP) is 2.75. The van der Waals surface area contributed by atoms with Crippen molar-refractivity contribution in [2.24, 2.45) is 0 Å². The molecule has 2 rings (SSSR count). The number of aromatic hydroxyl groups is 1. The Bertz CT molecular complexity index is 588. The van der Waals surface area contributed by atoms with Gasteiger partial charge in [-0.05, 0) is 23.9 Å². The summed E-state index contributed by atoms with van der Waals surface area (Å²) in [6.45, 7) is 15.4. The Kier molecular flexibility index (Phi) is 16.6. The van der Waals surface area contributed by atoms with E-state index in [0.29, 0.717) is 5.75 Å². The van der Waals surface area contributed by atoms with Gasteiger partial charge in [-0.25, -0.2) is 0 Å². The zero-order chi connectivity index (χ0) is 16.1. The number of phenolic OH excluding ortho intramolecular Hbond substituents is 1. The van der Waals surface area contributed by atoms with Crippen molar-refractivity contribution in [3.63, 3.8) is 0 Å². The van der Waals surface area contributed by atoms with Gasteiger partial charge in [0, 0.05) is 22.7 Å². The van der Waals surface area contributed by atoms with Gasteiger partial charge in [-0.1, -0.05) is 24.3 Å². The van der Waals surface area contributed by atoms with Crippen molar-refractivity contribution in [3.05, 3.63) is 55.8 Å². The molecule has 0 aliphatic carbocycles. The van der Waals surface area contributed by atoms with Gasteiger partial charge >= 0.3 is 33.9 Å². The van der Waals surface area contributed by atoms with Gasteiger partial charge in [-0.15, -0.1) is 0 Å². The second-order valence-electron chi connectivity index (χ2n) is 3.30. The van der Waals surface area contributed by atoms with Crippen molar-refractivity contribution in [1.29, 1.82) is 0 Å². The van der Waals surface area contributed by atoms with Crippen LogP contribution in [0.25, 0.3) is 10.8 Å². The molecule has 21 heavy (non-hydrogen) atoms. The Morgan fingerprint density at radius 2 is 1.48 bits per heavy atom.